The predicted molar refractivity (Wildman–Crippen MR) is 72.3 cm³/mol. The lowest BCUT2D eigenvalue weighted by atomic mass is 10.5. The average molecular weight is 258 g/mol. The third kappa shape index (κ3) is 6.18. The SMILES string of the molecule is CCOCCN(CCOCC)C(=NC1CC1)NN. The van der Waals surface area contributed by atoms with Crippen LogP contribution in [0.15, 0.2) is 4.99 Å². The smallest absolute Gasteiger partial charge is 0.208 e. The minimum absolute atomic E-state index is 0.442. The van der Waals surface area contributed by atoms with Crippen LogP contribution in [0.2, 0.25) is 0 Å². The summed E-state index contributed by atoms with van der Waals surface area (Å²) in [6.07, 6.45) is 2.33. The number of hydrazine groups is 1. The number of nitrogens with one attached hydrogen (secondary N) is 1. The third-order valence-electron chi connectivity index (χ3n) is 2.70. The van der Waals surface area contributed by atoms with Crippen LogP contribution in [0.3, 0.4) is 0 Å². The van der Waals surface area contributed by atoms with E-state index in [-0.39, 0.29) is 0 Å². The van der Waals surface area contributed by atoms with Crippen LogP contribution in [0, 0.1) is 0 Å². The number of rotatable bonds is 9. The molecule has 1 saturated carbocycles. The molecule has 0 spiro atoms. The molecule has 106 valence electrons. The number of nitrogens with two attached hydrogens (primary N) is 1. The molecule has 0 unspecified atom stereocenters. The van der Waals surface area contributed by atoms with Gasteiger partial charge in [-0.15, -0.1) is 0 Å². The molecule has 1 aliphatic carbocycles. The first-order chi connectivity index (χ1) is 8.81. The van der Waals surface area contributed by atoms with Crippen molar-refractivity contribution in [2.24, 2.45) is 10.8 Å². The van der Waals surface area contributed by atoms with Crippen LogP contribution >= 0.6 is 0 Å². The van der Waals surface area contributed by atoms with Crippen LogP contribution in [0.25, 0.3) is 0 Å². The number of guanidine groups is 1. The third-order valence-corrected chi connectivity index (χ3v) is 2.70. The Bertz CT molecular complexity index is 234. The fraction of sp³-hybridized carbons (Fsp3) is 0.917. The zero-order valence-electron chi connectivity index (χ0n) is 11.5. The number of hydrogen-bond donors (Lipinski definition) is 2. The van der Waals surface area contributed by atoms with E-state index in [4.69, 9.17) is 15.3 Å². The fourth-order valence-corrected chi connectivity index (χ4v) is 1.55. The minimum atomic E-state index is 0.442. The molecule has 18 heavy (non-hydrogen) atoms. The minimum Gasteiger partial charge on any atom is -0.380 e. The lowest BCUT2D eigenvalue weighted by molar-refractivity contribution is 0.106. The molecule has 0 aromatic carbocycles. The van der Waals surface area contributed by atoms with Crippen LogP contribution in [0.5, 0.6) is 0 Å². The first-order valence-corrected chi connectivity index (χ1v) is 6.76. The van der Waals surface area contributed by atoms with E-state index in [0.717, 1.165) is 45.1 Å². The van der Waals surface area contributed by atoms with Crippen molar-refractivity contribution in [3.8, 4) is 0 Å². The molecule has 0 aromatic rings. The molecule has 0 bridgehead atoms. The van der Waals surface area contributed by atoms with Gasteiger partial charge in [-0.1, -0.05) is 0 Å². The normalized spacial score (nSPS) is 15.8. The lowest BCUT2D eigenvalue weighted by Gasteiger charge is -2.25. The molecule has 6 nitrogen and oxygen atoms in total. The Hall–Kier alpha value is -0.850. The van der Waals surface area contributed by atoms with Gasteiger partial charge >= 0.3 is 0 Å². The summed E-state index contributed by atoms with van der Waals surface area (Å²) in [6, 6.07) is 0.442. The van der Waals surface area contributed by atoms with E-state index >= 15 is 0 Å². The highest BCUT2D eigenvalue weighted by Crippen LogP contribution is 2.23. The molecule has 1 rings (SSSR count). The molecule has 3 N–H and O–H groups in total. The van der Waals surface area contributed by atoms with E-state index < -0.39 is 0 Å². The van der Waals surface area contributed by atoms with Crippen molar-refractivity contribution in [1.82, 2.24) is 10.3 Å². The molecule has 0 aromatic heterocycles. The molecule has 0 radical (unpaired) electrons. The van der Waals surface area contributed by atoms with Gasteiger partial charge in [0.25, 0.3) is 0 Å². The summed E-state index contributed by atoms with van der Waals surface area (Å²) in [6.45, 7) is 8.33. The fourth-order valence-electron chi connectivity index (χ4n) is 1.55. The van der Waals surface area contributed by atoms with E-state index in [1.165, 1.54) is 0 Å². The Morgan fingerprint density at radius 2 is 1.78 bits per heavy atom. The topological polar surface area (TPSA) is 72.1 Å². The van der Waals surface area contributed by atoms with Gasteiger partial charge in [0.15, 0.2) is 0 Å². The first kappa shape index (κ1) is 15.2. The Morgan fingerprint density at radius 1 is 1.22 bits per heavy atom. The monoisotopic (exact) mass is 258 g/mol. The molecule has 1 fully saturated rings. The molecular formula is C12H26N4O2. The maximum Gasteiger partial charge on any atom is 0.208 e. The van der Waals surface area contributed by atoms with Gasteiger partial charge in [0.05, 0.1) is 19.3 Å². The Kier molecular flexibility index (Phi) is 7.71. The van der Waals surface area contributed by atoms with E-state index in [1.54, 1.807) is 0 Å². The molecular weight excluding hydrogens is 232 g/mol. The molecule has 0 amide bonds. The zero-order valence-corrected chi connectivity index (χ0v) is 11.5. The van der Waals surface area contributed by atoms with Crippen molar-refractivity contribution in [1.29, 1.82) is 0 Å². The van der Waals surface area contributed by atoms with Gasteiger partial charge in [-0.2, -0.15) is 0 Å². The van der Waals surface area contributed by atoms with E-state index in [0.29, 0.717) is 19.3 Å². The van der Waals surface area contributed by atoms with Crippen molar-refractivity contribution in [2.45, 2.75) is 32.7 Å². The van der Waals surface area contributed by atoms with E-state index in [9.17, 15) is 0 Å². The molecule has 0 heterocycles. The highest BCUT2D eigenvalue weighted by molar-refractivity contribution is 5.79. The van der Waals surface area contributed by atoms with Gasteiger partial charge < -0.3 is 14.4 Å². The van der Waals surface area contributed by atoms with Crippen LogP contribution in [0.1, 0.15) is 26.7 Å². The highest BCUT2D eigenvalue weighted by Gasteiger charge is 2.22. The molecule has 0 saturated heterocycles. The summed E-state index contributed by atoms with van der Waals surface area (Å²) in [5.74, 6) is 6.30. The van der Waals surface area contributed by atoms with Crippen molar-refractivity contribution in [2.75, 3.05) is 39.5 Å². The van der Waals surface area contributed by atoms with Crippen LogP contribution in [-0.2, 0) is 9.47 Å². The summed E-state index contributed by atoms with van der Waals surface area (Å²) in [5, 5.41) is 0. The number of aliphatic imine (C=N–C) groups is 1. The van der Waals surface area contributed by atoms with Crippen LogP contribution < -0.4 is 11.3 Å². The van der Waals surface area contributed by atoms with Crippen LogP contribution in [0.4, 0.5) is 0 Å². The van der Waals surface area contributed by atoms with Crippen molar-refractivity contribution >= 4 is 5.96 Å². The van der Waals surface area contributed by atoms with Gasteiger partial charge in [0.1, 0.15) is 0 Å². The summed E-state index contributed by atoms with van der Waals surface area (Å²) in [5.41, 5.74) is 2.69. The summed E-state index contributed by atoms with van der Waals surface area (Å²) >= 11 is 0. The predicted octanol–water partition coefficient (Wildman–Crippen LogP) is 0.343. The Morgan fingerprint density at radius 3 is 2.17 bits per heavy atom. The standard InChI is InChI=1S/C12H26N4O2/c1-3-17-9-7-16(8-10-18-4-2)12(15-13)14-11-5-6-11/h11H,3-10,13H2,1-2H3,(H,14,15). The number of nitrogens with zero attached hydrogens (tertiary/aromatic N) is 2. The Labute approximate surface area is 109 Å². The Balaban J connectivity index is 2.43. The van der Waals surface area contributed by atoms with Gasteiger partial charge in [-0.05, 0) is 26.7 Å². The zero-order chi connectivity index (χ0) is 13.2. The van der Waals surface area contributed by atoms with Crippen molar-refractivity contribution < 1.29 is 9.47 Å². The van der Waals surface area contributed by atoms with E-state index in [1.807, 2.05) is 13.8 Å². The maximum atomic E-state index is 5.55. The van der Waals surface area contributed by atoms with Crippen molar-refractivity contribution in [3.05, 3.63) is 0 Å². The van der Waals surface area contributed by atoms with Crippen molar-refractivity contribution in [3.63, 3.8) is 0 Å². The molecule has 6 heteroatoms. The first-order valence-electron chi connectivity index (χ1n) is 6.76. The second-order valence-corrected chi connectivity index (χ2v) is 4.21. The number of ether oxygens (including phenoxy) is 2. The molecule has 1 aliphatic rings. The summed E-state index contributed by atoms with van der Waals surface area (Å²) in [7, 11) is 0. The van der Waals surface area contributed by atoms with E-state index in [2.05, 4.69) is 15.3 Å². The quantitative estimate of drug-likeness (QED) is 0.205. The largest absolute Gasteiger partial charge is 0.380 e. The summed E-state index contributed by atoms with van der Waals surface area (Å²) < 4.78 is 10.8. The van der Waals surface area contributed by atoms with Crippen LogP contribution in [-0.4, -0.2) is 56.4 Å². The van der Waals surface area contributed by atoms with Gasteiger partial charge in [0, 0.05) is 26.3 Å². The van der Waals surface area contributed by atoms with Gasteiger partial charge in [-0.25, -0.2) is 10.8 Å². The number of hydrogen-bond acceptors (Lipinski definition) is 4. The average Bonchev–Trinajstić information content (AvgIpc) is 3.19. The van der Waals surface area contributed by atoms with Gasteiger partial charge in [0.2, 0.25) is 5.96 Å². The summed E-state index contributed by atoms with van der Waals surface area (Å²) in [4.78, 5) is 6.65. The second-order valence-electron chi connectivity index (χ2n) is 4.21. The van der Waals surface area contributed by atoms with Gasteiger partial charge in [-0.3, -0.25) is 5.43 Å². The second kappa shape index (κ2) is 9.13. The maximum absolute atomic E-state index is 5.55. The lowest BCUT2D eigenvalue weighted by Crippen LogP contribution is -2.47. The molecule has 0 atom stereocenters. The highest BCUT2D eigenvalue weighted by atomic mass is 16.5. The molecule has 0 aliphatic heterocycles.